The zero-order valence-corrected chi connectivity index (χ0v) is 11.5. The van der Waals surface area contributed by atoms with Gasteiger partial charge in [0.15, 0.2) is 5.88 Å². The molecule has 0 saturated heterocycles. The third kappa shape index (κ3) is 1.67. The standard InChI is InChI=1S/C16H13BN2O2/c1-19-16-14-15(18)20-12-8-4-2-6-10(12)17(14)11-7-3-5-9-13(11)21-16/h2-9H,18H2,1H3. The summed E-state index contributed by atoms with van der Waals surface area (Å²) in [6.45, 7) is -0.00130. The summed E-state index contributed by atoms with van der Waals surface area (Å²) in [6, 6.07) is 15.9. The van der Waals surface area contributed by atoms with Crippen molar-refractivity contribution in [1.82, 2.24) is 0 Å². The Morgan fingerprint density at radius 1 is 0.905 bits per heavy atom. The molecule has 4 nitrogen and oxygen atoms in total. The van der Waals surface area contributed by atoms with Crippen LogP contribution >= 0.6 is 0 Å². The quantitative estimate of drug-likeness (QED) is 0.725. The molecule has 2 aliphatic rings. The van der Waals surface area contributed by atoms with Crippen molar-refractivity contribution in [2.24, 2.45) is 10.7 Å². The predicted molar refractivity (Wildman–Crippen MR) is 83.7 cm³/mol. The van der Waals surface area contributed by atoms with E-state index in [0.717, 1.165) is 27.9 Å². The van der Waals surface area contributed by atoms with E-state index < -0.39 is 0 Å². The first-order valence-corrected chi connectivity index (χ1v) is 6.80. The highest BCUT2D eigenvalue weighted by atomic mass is 16.5. The van der Waals surface area contributed by atoms with Crippen LogP contribution in [0.5, 0.6) is 11.5 Å². The minimum absolute atomic E-state index is 0.00130. The number of fused-ring (bicyclic) bond motifs is 5. The first kappa shape index (κ1) is 12.1. The first-order valence-electron chi connectivity index (χ1n) is 6.80. The monoisotopic (exact) mass is 276 g/mol. The van der Waals surface area contributed by atoms with Crippen molar-refractivity contribution < 1.29 is 9.47 Å². The van der Waals surface area contributed by atoms with E-state index in [2.05, 4.69) is 17.1 Å². The van der Waals surface area contributed by atoms with Crippen molar-refractivity contribution in [1.29, 1.82) is 0 Å². The van der Waals surface area contributed by atoms with Crippen molar-refractivity contribution in [2.75, 3.05) is 7.05 Å². The molecule has 102 valence electrons. The first-order chi connectivity index (χ1) is 10.3. The van der Waals surface area contributed by atoms with E-state index in [1.807, 2.05) is 36.4 Å². The largest absolute Gasteiger partial charge is 0.443 e. The van der Waals surface area contributed by atoms with Crippen LogP contribution in [0.15, 0.2) is 64.9 Å². The van der Waals surface area contributed by atoms with Gasteiger partial charge in [-0.05, 0) is 23.1 Å². The predicted octanol–water partition coefficient (Wildman–Crippen LogP) is 0.818. The molecular weight excluding hydrogens is 263 g/mol. The molecule has 2 heterocycles. The molecule has 0 aromatic heterocycles. The maximum Gasteiger partial charge on any atom is 0.264 e. The molecule has 21 heavy (non-hydrogen) atoms. The molecule has 0 saturated carbocycles. The summed E-state index contributed by atoms with van der Waals surface area (Å²) in [5.41, 5.74) is 9.09. The van der Waals surface area contributed by atoms with Crippen LogP contribution in [0.1, 0.15) is 0 Å². The highest BCUT2D eigenvalue weighted by Gasteiger charge is 2.41. The SMILES string of the molecule is CN=C1Oc2ccccc2B2C1=C(N)Oc1ccccc12. The summed E-state index contributed by atoms with van der Waals surface area (Å²) in [5, 5.41) is 0. The van der Waals surface area contributed by atoms with Gasteiger partial charge in [-0.2, -0.15) is 0 Å². The maximum absolute atomic E-state index is 6.12. The van der Waals surface area contributed by atoms with E-state index in [4.69, 9.17) is 15.2 Å². The summed E-state index contributed by atoms with van der Waals surface area (Å²) < 4.78 is 11.6. The highest BCUT2D eigenvalue weighted by molar-refractivity contribution is 6.96. The van der Waals surface area contributed by atoms with Crippen molar-refractivity contribution in [2.45, 2.75) is 0 Å². The lowest BCUT2D eigenvalue weighted by Crippen LogP contribution is -2.55. The Morgan fingerprint density at radius 2 is 1.48 bits per heavy atom. The second-order valence-electron chi connectivity index (χ2n) is 5.02. The fraction of sp³-hybridized carbons (Fsp3) is 0.0625. The van der Waals surface area contributed by atoms with Gasteiger partial charge in [0.2, 0.25) is 5.90 Å². The van der Waals surface area contributed by atoms with Crippen LogP contribution in [-0.4, -0.2) is 19.7 Å². The van der Waals surface area contributed by atoms with Gasteiger partial charge in [0.1, 0.15) is 11.5 Å². The molecule has 5 heteroatoms. The molecule has 0 atom stereocenters. The molecule has 4 rings (SSSR count). The van der Waals surface area contributed by atoms with Gasteiger partial charge in [0, 0.05) is 7.05 Å². The van der Waals surface area contributed by atoms with Crippen LogP contribution in [0.4, 0.5) is 0 Å². The van der Waals surface area contributed by atoms with Gasteiger partial charge in [-0.3, -0.25) is 4.99 Å². The lowest BCUT2D eigenvalue weighted by atomic mass is 9.34. The van der Waals surface area contributed by atoms with E-state index in [0.29, 0.717) is 11.8 Å². The van der Waals surface area contributed by atoms with Crippen LogP contribution in [0.2, 0.25) is 0 Å². The molecule has 0 fully saturated rings. The summed E-state index contributed by atoms with van der Waals surface area (Å²) in [6.07, 6.45) is 0. The Kier molecular flexibility index (Phi) is 2.54. The number of benzene rings is 2. The second-order valence-corrected chi connectivity index (χ2v) is 5.02. The van der Waals surface area contributed by atoms with E-state index in [1.165, 1.54) is 0 Å². The zero-order valence-electron chi connectivity index (χ0n) is 11.5. The number of nitrogens with two attached hydrogens (primary N) is 1. The highest BCUT2D eigenvalue weighted by Crippen LogP contribution is 2.28. The van der Waals surface area contributed by atoms with Crippen molar-refractivity contribution in [3.63, 3.8) is 0 Å². The van der Waals surface area contributed by atoms with Gasteiger partial charge in [-0.1, -0.05) is 36.4 Å². The van der Waals surface area contributed by atoms with E-state index in [1.54, 1.807) is 7.05 Å². The van der Waals surface area contributed by atoms with E-state index >= 15 is 0 Å². The van der Waals surface area contributed by atoms with Crippen LogP contribution in [0, 0.1) is 0 Å². The minimum Gasteiger partial charge on any atom is -0.443 e. The molecule has 2 aromatic rings. The number of aliphatic imine (C=N–C) groups is 1. The van der Waals surface area contributed by atoms with Crippen LogP contribution in [-0.2, 0) is 0 Å². The molecule has 0 aliphatic carbocycles. The number of hydrogen-bond donors (Lipinski definition) is 1. The van der Waals surface area contributed by atoms with Gasteiger partial charge < -0.3 is 15.2 Å². The van der Waals surface area contributed by atoms with Crippen molar-refractivity contribution in [3.8, 4) is 11.5 Å². The molecule has 0 amide bonds. The fourth-order valence-electron chi connectivity index (χ4n) is 2.97. The van der Waals surface area contributed by atoms with E-state index in [-0.39, 0.29) is 6.71 Å². The third-order valence-electron chi connectivity index (χ3n) is 3.87. The Labute approximate surface area is 123 Å². The normalized spacial score (nSPS) is 17.6. The van der Waals surface area contributed by atoms with Gasteiger partial charge >= 0.3 is 0 Å². The minimum atomic E-state index is -0.00130. The van der Waals surface area contributed by atoms with Gasteiger partial charge in [0.25, 0.3) is 6.71 Å². The third-order valence-corrected chi connectivity index (χ3v) is 3.87. The van der Waals surface area contributed by atoms with Crippen LogP contribution in [0.25, 0.3) is 0 Å². The average Bonchev–Trinajstić information content (AvgIpc) is 2.53. The molecule has 0 radical (unpaired) electrons. The Balaban J connectivity index is 2.04. The summed E-state index contributed by atoms with van der Waals surface area (Å²) in [7, 11) is 1.70. The molecule has 2 aromatic carbocycles. The number of para-hydroxylation sites is 2. The summed E-state index contributed by atoms with van der Waals surface area (Å²) >= 11 is 0. The van der Waals surface area contributed by atoms with Gasteiger partial charge in [-0.25, -0.2) is 0 Å². The summed E-state index contributed by atoms with van der Waals surface area (Å²) in [4.78, 5) is 4.23. The van der Waals surface area contributed by atoms with Crippen molar-refractivity contribution >= 4 is 23.5 Å². The smallest absolute Gasteiger partial charge is 0.264 e. The number of ether oxygens (including phenoxy) is 2. The summed E-state index contributed by atoms with van der Waals surface area (Å²) in [5.74, 6) is 2.48. The average molecular weight is 276 g/mol. The number of hydrogen-bond acceptors (Lipinski definition) is 4. The Hall–Kier alpha value is -2.69. The maximum atomic E-state index is 6.12. The molecular formula is C16H13BN2O2. The van der Waals surface area contributed by atoms with Gasteiger partial charge in [-0.15, -0.1) is 0 Å². The molecule has 2 aliphatic heterocycles. The van der Waals surface area contributed by atoms with Crippen LogP contribution in [0.3, 0.4) is 0 Å². The zero-order chi connectivity index (χ0) is 14.4. The molecule has 2 N–H and O–H groups in total. The topological polar surface area (TPSA) is 56.8 Å². The molecule has 0 spiro atoms. The van der Waals surface area contributed by atoms with Gasteiger partial charge in [0.05, 0.1) is 5.47 Å². The Morgan fingerprint density at radius 3 is 2.10 bits per heavy atom. The molecule has 0 bridgehead atoms. The lowest BCUT2D eigenvalue weighted by Gasteiger charge is -2.32. The lowest BCUT2D eigenvalue weighted by molar-refractivity contribution is 0.415. The molecule has 0 unspecified atom stereocenters. The van der Waals surface area contributed by atoms with Crippen LogP contribution < -0.4 is 26.1 Å². The fourth-order valence-corrected chi connectivity index (χ4v) is 2.97. The van der Waals surface area contributed by atoms with E-state index in [9.17, 15) is 0 Å². The van der Waals surface area contributed by atoms with Crippen molar-refractivity contribution in [3.05, 3.63) is 59.9 Å². The second kappa shape index (κ2) is 4.41. The number of rotatable bonds is 0. The Bertz CT molecular complexity index is 798. The number of nitrogens with zero attached hydrogens (tertiary/aromatic N) is 1.